The molecule has 2 N–H and O–H groups in total. The average Bonchev–Trinajstić information content (AvgIpc) is 3.15. The molecular formula is C15H22N2O3. The molecule has 0 radical (unpaired) electrons. The topological polar surface area (TPSA) is 75.4 Å². The van der Waals surface area contributed by atoms with Gasteiger partial charge in [-0.15, -0.1) is 0 Å². The molecule has 5 nitrogen and oxygen atoms in total. The monoisotopic (exact) mass is 278 g/mol. The normalized spacial score (nSPS) is 16.2. The summed E-state index contributed by atoms with van der Waals surface area (Å²) in [5.41, 5.74) is 1.57. The van der Waals surface area contributed by atoms with Gasteiger partial charge in [0.15, 0.2) is 0 Å². The standard InChI is InChI=1S/C15H22N2O3/c1-11(2)8-15(5-6-15)10-16-13-7-12(9-18)3-4-14(13)17(19)20/h3-4,7,11,16,18H,5-6,8-10H2,1-2H3. The fourth-order valence-corrected chi connectivity index (χ4v) is 2.76. The van der Waals surface area contributed by atoms with E-state index in [1.54, 1.807) is 12.1 Å². The van der Waals surface area contributed by atoms with Gasteiger partial charge in [0.1, 0.15) is 5.69 Å². The SMILES string of the molecule is CC(C)CC1(CNc2cc(CO)ccc2[N+](=O)[O-])CC1. The summed E-state index contributed by atoms with van der Waals surface area (Å²) in [4.78, 5) is 10.7. The lowest BCUT2D eigenvalue weighted by molar-refractivity contribution is -0.384. The number of nitro benzene ring substituents is 1. The molecule has 110 valence electrons. The molecule has 1 aliphatic carbocycles. The molecule has 2 rings (SSSR count). The van der Waals surface area contributed by atoms with Crippen molar-refractivity contribution >= 4 is 11.4 Å². The number of rotatable bonds is 7. The molecule has 0 aliphatic heterocycles. The van der Waals surface area contributed by atoms with Gasteiger partial charge >= 0.3 is 0 Å². The zero-order valence-corrected chi connectivity index (χ0v) is 12.1. The van der Waals surface area contributed by atoms with Crippen molar-refractivity contribution in [3.05, 3.63) is 33.9 Å². The van der Waals surface area contributed by atoms with Crippen molar-refractivity contribution in [2.24, 2.45) is 11.3 Å². The summed E-state index contributed by atoms with van der Waals surface area (Å²) >= 11 is 0. The Kier molecular flexibility index (Phi) is 4.28. The molecule has 0 unspecified atom stereocenters. The van der Waals surface area contributed by atoms with Crippen molar-refractivity contribution in [2.75, 3.05) is 11.9 Å². The number of hydrogen-bond donors (Lipinski definition) is 2. The number of nitrogens with zero attached hydrogens (tertiary/aromatic N) is 1. The summed E-state index contributed by atoms with van der Waals surface area (Å²) < 4.78 is 0. The van der Waals surface area contributed by atoms with Crippen LogP contribution in [0.25, 0.3) is 0 Å². The summed E-state index contributed by atoms with van der Waals surface area (Å²) in [6.07, 6.45) is 3.52. The van der Waals surface area contributed by atoms with Gasteiger partial charge in [-0.1, -0.05) is 13.8 Å². The Morgan fingerprint density at radius 3 is 2.65 bits per heavy atom. The average molecular weight is 278 g/mol. The number of anilines is 1. The van der Waals surface area contributed by atoms with E-state index < -0.39 is 0 Å². The van der Waals surface area contributed by atoms with Crippen LogP contribution in [0.4, 0.5) is 11.4 Å². The number of benzene rings is 1. The van der Waals surface area contributed by atoms with E-state index in [2.05, 4.69) is 19.2 Å². The molecule has 1 aromatic rings. The highest BCUT2D eigenvalue weighted by Gasteiger charge is 2.42. The quantitative estimate of drug-likeness (QED) is 0.592. The number of nitrogens with one attached hydrogen (secondary N) is 1. The van der Waals surface area contributed by atoms with E-state index in [9.17, 15) is 10.1 Å². The Balaban J connectivity index is 2.10. The Hall–Kier alpha value is -1.62. The first-order valence-corrected chi connectivity index (χ1v) is 7.08. The van der Waals surface area contributed by atoms with Gasteiger partial charge in [0.2, 0.25) is 0 Å². The lowest BCUT2D eigenvalue weighted by Gasteiger charge is -2.19. The molecule has 5 heteroatoms. The number of aliphatic hydroxyl groups excluding tert-OH is 1. The fraction of sp³-hybridized carbons (Fsp3) is 0.600. The molecule has 0 bridgehead atoms. The van der Waals surface area contributed by atoms with Gasteiger partial charge < -0.3 is 10.4 Å². The summed E-state index contributed by atoms with van der Waals surface area (Å²) in [7, 11) is 0. The molecule has 0 spiro atoms. The molecular weight excluding hydrogens is 256 g/mol. The number of hydrogen-bond acceptors (Lipinski definition) is 4. The van der Waals surface area contributed by atoms with Crippen LogP contribution in [-0.2, 0) is 6.61 Å². The second-order valence-electron chi connectivity index (χ2n) is 6.22. The fourth-order valence-electron chi connectivity index (χ4n) is 2.76. The van der Waals surface area contributed by atoms with Crippen molar-refractivity contribution in [3.63, 3.8) is 0 Å². The van der Waals surface area contributed by atoms with E-state index in [1.807, 2.05) is 0 Å². The van der Waals surface area contributed by atoms with Gasteiger partial charge in [-0.05, 0) is 48.3 Å². The predicted octanol–water partition coefficient (Wildman–Crippen LogP) is 3.33. The maximum atomic E-state index is 11.0. The molecule has 1 aliphatic rings. The third kappa shape index (κ3) is 3.48. The van der Waals surface area contributed by atoms with Crippen molar-refractivity contribution < 1.29 is 10.0 Å². The van der Waals surface area contributed by atoms with E-state index >= 15 is 0 Å². The van der Waals surface area contributed by atoms with Gasteiger partial charge in [-0.25, -0.2) is 0 Å². The van der Waals surface area contributed by atoms with Gasteiger partial charge in [0, 0.05) is 12.6 Å². The highest BCUT2D eigenvalue weighted by Crippen LogP contribution is 2.50. The van der Waals surface area contributed by atoms with Crippen LogP contribution >= 0.6 is 0 Å². The Morgan fingerprint density at radius 2 is 2.15 bits per heavy atom. The van der Waals surface area contributed by atoms with Crippen molar-refractivity contribution in [3.8, 4) is 0 Å². The van der Waals surface area contributed by atoms with Gasteiger partial charge in [-0.2, -0.15) is 0 Å². The molecule has 0 saturated heterocycles. The lowest BCUT2D eigenvalue weighted by atomic mass is 9.94. The van der Waals surface area contributed by atoms with Crippen LogP contribution in [0.3, 0.4) is 0 Å². The second kappa shape index (κ2) is 5.79. The summed E-state index contributed by atoms with van der Waals surface area (Å²) in [6.45, 7) is 5.06. The molecule has 0 heterocycles. The molecule has 20 heavy (non-hydrogen) atoms. The smallest absolute Gasteiger partial charge is 0.292 e. The van der Waals surface area contributed by atoms with Crippen LogP contribution in [0.1, 0.15) is 38.7 Å². The minimum atomic E-state index is -0.383. The second-order valence-corrected chi connectivity index (χ2v) is 6.22. The lowest BCUT2D eigenvalue weighted by Crippen LogP contribution is -2.18. The predicted molar refractivity (Wildman–Crippen MR) is 78.6 cm³/mol. The van der Waals surface area contributed by atoms with Crippen molar-refractivity contribution in [2.45, 2.75) is 39.7 Å². The highest BCUT2D eigenvalue weighted by molar-refractivity contribution is 5.63. The van der Waals surface area contributed by atoms with Crippen LogP contribution in [0.15, 0.2) is 18.2 Å². The Labute approximate surface area is 119 Å². The first-order chi connectivity index (χ1) is 9.46. The van der Waals surface area contributed by atoms with Crippen LogP contribution in [0, 0.1) is 21.4 Å². The zero-order valence-electron chi connectivity index (χ0n) is 12.1. The van der Waals surface area contributed by atoms with Gasteiger partial charge in [0.25, 0.3) is 5.69 Å². The van der Waals surface area contributed by atoms with E-state index in [4.69, 9.17) is 5.11 Å². The molecule has 0 aromatic heterocycles. The Bertz CT molecular complexity index is 496. The molecule has 0 atom stereocenters. The minimum Gasteiger partial charge on any atom is -0.392 e. The largest absolute Gasteiger partial charge is 0.392 e. The van der Waals surface area contributed by atoms with E-state index in [0.29, 0.717) is 22.6 Å². The molecule has 0 amide bonds. The minimum absolute atomic E-state index is 0.0718. The van der Waals surface area contributed by atoms with Crippen LogP contribution in [-0.4, -0.2) is 16.6 Å². The van der Waals surface area contributed by atoms with Gasteiger partial charge in [0.05, 0.1) is 11.5 Å². The van der Waals surface area contributed by atoms with Crippen LogP contribution in [0.2, 0.25) is 0 Å². The molecule has 1 fully saturated rings. The third-order valence-electron chi connectivity index (χ3n) is 3.89. The van der Waals surface area contributed by atoms with Gasteiger partial charge in [-0.3, -0.25) is 10.1 Å². The molecule has 1 saturated carbocycles. The van der Waals surface area contributed by atoms with E-state index in [-0.39, 0.29) is 17.2 Å². The van der Waals surface area contributed by atoms with Crippen molar-refractivity contribution in [1.29, 1.82) is 0 Å². The summed E-state index contributed by atoms with van der Waals surface area (Å²) in [5, 5.41) is 23.4. The number of nitro groups is 1. The molecule has 1 aromatic carbocycles. The maximum absolute atomic E-state index is 11.0. The van der Waals surface area contributed by atoms with Crippen molar-refractivity contribution in [1.82, 2.24) is 0 Å². The number of aliphatic hydroxyl groups is 1. The Morgan fingerprint density at radius 1 is 1.45 bits per heavy atom. The third-order valence-corrected chi connectivity index (χ3v) is 3.89. The summed E-state index contributed by atoms with van der Waals surface area (Å²) in [5.74, 6) is 0.637. The zero-order chi connectivity index (χ0) is 14.8. The first kappa shape index (κ1) is 14.8. The maximum Gasteiger partial charge on any atom is 0.292 e. The highest BCUT2D eigenvalue weighted by atomic mass is 16.6. The van der Waals surface area contributed by atoms with Crippen LogP contribution in [0.5, 0.6) is 0 Å². The van der Waals surface area contributed by atoms with Crippen LogP contribution < -0.4 is 5.32 Å². The first-order valence-electron chi connectivity index (χ1n) is 7.08. The summed E-state index contributed by atoms with van der Waals surface area (Å²) in [6, 6.07) is 4.71. The van der Waals surface area contributed by atoms with E-state index in [1.165, 1.54) is 18.9 Å². The van der Waals surface area contributed by atoms with E-state index in [0.717, 1.165) is 13.0 Å².